The molecule has 1 heterocycles. The van der Waals surface area contributed by atoms with Crippen molar-refractivity contribution >= 4 is 12.4 Å². The molecule has 0 bridgehead atoms. The fourth-order valence-electron chi connectivity index (χ4n) is 2.19. The summed E-state index contributed by atoms with van der Waals surface area (Å²) in [6, 6.07) is 4.99. The van der Waals surface area contributed by atoms with Crippen LogP contribution in [0.4, 0.5) is 12.9 Å². The Hall–Kier alpha value is -1.17. The highest BCUT2D eigenvalue weighted by Gasteiger charge is 2.32. The molecule has 1 fully saturated rings. The number of rotatable bonds is 4. The lowest BCUT2D eigenvalue weighted by Crippen LogP contribution is -2.33. The quantitative estimate of drug-likeness (QED) is 0.785. The van der Waals surface area contributed by atoms with Crippen LogP contribution in [0.1, 0.15) is 26.7 Å². The van der Waals surface area contributed by atoms with E-state index in [1.165, 1.54) is 12.1 Å². The molecule has 0 spiro atoms. The maximum atomic E-state index is 12.6. The smallest absolute Gasteiger partial charge is 0.491 e. The highest BCUT2D eigenvalue weighted by Crippen LogP contribution is 2.29. The number of hydrogen-bond acceptors (Lipinski definition) is 2. The predicted molar refractivity (Wildman–Crippen MR) is 68.8 cm³/mol. The van der Waals surface area contributed by atoms with Crippen molar-refractivity contribution in [3.63, 3.8) is 0 Å². The molecule has 1 aliphatic rings. The lowest BCUT2D eigenvalue weighted by Gasteiger charge is -2.20. The van der Waals surface area contributed by atoms with Gasteiger partial charge in [-0.15, -0.1) is 5.46 Å². The first-order chi connectivity index (χ1) is 8.76. The van der Waals surface area contributed by atoms with E-state index in [9.17, 15) is 12.9 Å². The van der Waals surface area contributed by atoms with E-state index >= 15 is 0 Å². The van der Waals surface area contributed by atoms with Gasteiger partial charge in [0.2, 0.25) is 0 Å². The summed E-state index contributed by atoms with van der Waals surface area (Å²) in [7, 11) is 0. The molecular weight excluding hydrogens is 256 g/mol. The monoisotopic (exact) mass is 273 g/mol. The molecule has 1 aromatic carbocycles. The molecular formula is C13H17BF3O2-. The van der Waals surface area contributed by atoms with E-state index in [-0.39, 0.29) is 24.1 Å². The van der Waals surface area contributed by atoms with Gasteiger partial charge >= 0.3 is 6.98 Å². The second kappa shape index (κ2) is 5.08. The van der Waals surface area contributed by atoms with Crippen LogP contribution >= 0.6 is 0 Å². The standard InChI is InChI=1S/C13H17BF3O2/c1-13(2)7-6-12(19-13)9-18-11-5-3-4-10(8-11)14(15,16)17/h3-5,8,12H,6-7,9H2,1-2H3/q-1. The van der Waals surface area contributed by atoms with Gasteiger partial charge in [0, 0.05) is 0 Å². The molecule has 0 N–H and O–H groups in total. The van der Waals surface area contributed by atoms with Crippen molar-refractivity contribution in [2.75, 3.05) is 6.61 Å². The fourth-order valence-corrected chi connectivity index (χ4v) is 2.19. The number of ether oxygens (including phenoxy) is 2. The Bertz CT molecular complexity index is 446. The summed E-state index contributed by atoms with van der Waals surface area (Å²) >= 11 is 0. The van der Waals surface area contributed by atoms with E-state index < -0.39 is 12.4 Å². The van der Waals surface area contributed by atoms with Crippen LogP contribution in [0.3, 0.4) is 0 Å². The molecule has 2 nitrogen and oxygen atoms in total. The van der Waals surface area contributed by atoms with Crippen LogP contribution < -0.4 is 10.2 Å². The van der Waals surface area contributed by atoms with Crippen molar-refractivity contribution in [1.82, 2.24) is 0 Å². The Morgan fingerprint density at radius 1 is 1.37 bits per heavy atom. The Morgan fingerprint density at radius 3 is 2.68 bits per heavy atom. The third-order valence-corrected chi connectivity index (χ3v) is 3.23. The van der Waals surface area contributed by atoms with Gasteiger partial charge in [0.05, 0.1) is 11.7 Å². The lowest BCUT2D eigenvalue weighted by atomic mass is 9.80. The van der Waals surface area contributed by atoms with E-state index in [0.717, 1.165) is 25.0 Å². The normalized spacial score (nSPS) is 22.5. The third-order valence-electron chi connectivity index (χ3n) is 3.23. The predicted octanol–water partition coefficient (Wildman–Crippen LogP) is 3.08. The third kappa shape index (κ3) is 3.90. The molecule has 0 aromatic heterocycles. The summed E-state index contributed by atoms with van der Waals surface area (Å²) in [6.45, 7) is -0.691. The lowest BCUT2D eigenvalue weighted by molar-refractivity contribution is -0.0326. The van der Waals surface area contributed by atoms with Crippen LogP contribution in [-0.4, -0.2) is 25.3 Å². The van der Waals surface area contributed by atoms with Crippen molar-refractivity contribution in [2.24, 2.45) is 0 Å². The summed E-state index contributed by atoms with van der Waals surface area (Å²) in [4.78, 5) is 0. The van der Waals surface area contributed by atoms with E-state index in [0.29, 0.717) is 0 Å². The van der Waals surface area contributed by atoms with Gasteiger partial charge < -0.3 is 22.4 Å². The summed E-state index contributed by atoms with van der Waals surface area (Å²) < 4.78 is 48.9. The highest BCUT2D eigenvalue weighted by atomic mass is 19.4. The SMILES string of the molecule is CC1(C)CCC(COc2cccc([B-](F)(F)F)c2)O1. The number of benzene rings is 1. The molecule has 0 aliphatic carbocycles. The second-order valence-electron chi connectivity index (χ2n) is 5.50. The molecule has 1 aliphatic heterocycles. The van der Waals surface area contributed by atoms with Gasteiger partial charge in [0.1, 0.15) is 12.4 Å². The summed E-state index contributed by atoms with van der Waals surface area (Å²) in [6.07, 6.45) is 1.76. The van der Waals surface area contributed by atoms with Crippen LogP contribution in [0, 0.1) is 0 Å². The number of hydrogen-bond donors (Lipinski definition) is 0. The molecule has 0 radical (unpaired) electrons. The number of halogens is 3. The molecule has 1 saturated heterocycles. The molecule has 1 unspecified atom stereocenters. The summed E-state index contributed by atoms with van der Waals surface area (Å²) in [5.41, 5.74) is -0.796. The zero-order valence-corrected chi connectivity index (χ0v) is 11.0. The van der Waals surface area contributed by atoms with Crippen LogP contribution in [0.15, 0.2) is 24.3 Å². The molecule has 0 amide bonds. The zero-order valence-electron chi connectivity index (χ0n) is 11.0. The molecule has 1 aromatic rings. The molecule has 6 heteroatoms. The van der Waals surface area contributed by atoms with Crippen LogP contribution in [-0.2, 0) is 4.74 Å². The first-order valence-corrected chi connectivity index (χ1v) is 6.37. The minimum absolute atomic E-state index is 0.0462. The highest BCUT2D eigenvalue weighted by molar-refractivity contribution is 6.73. The minimum Gasteiger partial charge on any atom is -0.491 e. The second-order valence-corrected chi connectivity index (χ2v) is 5.50. The Labute approximate surface area is 111 Å². The Morgan fingerprint density at radius 2 is 2.11 bits per heavy atom. The van der Waals surface area contributed by atoms with Gasteiger partial charge in [-0.3, -0.25) is 0 Å². The summed E-state index contributed by atoms with van der Waals surface area (Å²) in [5.74, 6) is 0.241. The first kappa shape index (κ1) is 14.2. The van der Waals surface area contributed by atoms with Crippen molar-refractivity contribution in [3.05, 3.63) is 24.3 Å². The van der Waals surface area contributed by atoms with Gasteiger partial charge in [-0.05, 0) is 38.8 Å². The van der Waals surface area contributed by atoms with Gasteiger partial charge in [-0.2, -0.15) is 0 Å². The Kier molecular flexibility index (Phi) is 3.81. The fraction of sp³-hybridized carbons (Fsp3) is 0.538. The molecule has 0 saturated carbocycles. The van der Waals surface area contributed by atoms with Crippen molar-refractivity contribution in [3.8, 4) is 5.75 Å². The van der Waals surface area contributed by atoms with Gasteiger partial charge in [0.15, 0.2) is 0 Å². The van der Waals surface area contributed by atoms with Crippen LogP contribution in [0.2, 0.25) is 0 Å². The largest absolute Gasteiger partial charge is 0.509 e. The van der Waals surface area contributed by atoms with Gasteiger partial charge in [-0.1, -0.05) is 12.1 Å². The van der Waals surface area contributed by atoms with Crippen molar-refractivity contribution in [2.45, 2.75) is 38.4 Å². The minimum atomic E-state index is -4.98. The van der Waals surface area contributed by atoms with E-state index in [1.54, 1.807) is 0 Å². The maximum absolute atomic E-state index is 12.6. The first-order valence-electron chi connectivity index (χ1n) is 6.37. The molecule has 1 atom stereocenters. The molecule has 106 valence electrons. The molecule has 19 heavy (non-hydrogen) atoms. The van der Waals surface area contributed by atoms with Crippen LogP contribution in [0.5, 0.6) is 5.75 Å². The van der Waals surface area contributed by atoms with E-state index in [4.69, 9.17) is 9.47 Å². The van der Waals surface area contributed by atoms with Gasteiger partial charge in [-0.25, -0.2) is 0 Å². The van der Waals surface area contributed by atoms with Crippen molar-refractivity contribution < 1.29 is 22.4 Å². The van der Waals surface area contributed by atoms with Crippen molar-refractivity contribution in [1.29, 1.82) is 0 Å². The molecule has 2 rings (SSSR count). The maximum Gasteiger partial charge on any atom is 0.509 e. The van der Waals surface area contributed by atoms with E-state index in [2.05, 4.69) is 0 Å². The van der Waals surface area contributed by atoms with Gasteiger partial charge in [0.25, 0.3) is 0 Å². The average Bonchev–Trinajstić information content (AvgIpc) is 2.66. The topological polar surface area (TPSA) is 18.5 Å². The van der Waals surface area contributed by atoms with Crippen LogP contribution in [0.25, 0.3) is 0 Å². The Balaban J connectivity index is 1.94. The average molecular weight is 273 g/mol. The summed E-state index contributed by atoms with van der Waals surface area (Å²) in [5, 5.41) is 0. The zero-order chi connectivity index (χ0) is 14.1. The van der Waals surface area contributed by atoms with E-state index in [1.807, 2.05) is 13.8 Å².